The number of hydrogen-bond donors (Lipinski definition) is 2. The van der Waals surface area contributed by atoms with Crippen LogP contribution in [-0.2, 0) is 4.74 Å². The number of hydrogen-bond acceptors (Lipinski definition) is 8. The molecule has 0 amide bonds. The van der Waals surface area contributed by atoms with Crippen molar-refractivity contribution in [3.05, 3.63) is 53.0 Å². The molecule has 228 valence electrons. The molecule has 6 heterocycles. The molecule has 0 saturated carbocycles. The molecule has 9 heteroatoms. The summed E-state index contributed by atoms with van der Waals surface area (Å²) in [5.74, 6) is 3.00. The van der Waals surface area contributed by atoms with E-state index >= 15 is 4.39 Å². The number of aromatic hydroxyl groups is 1. The molecule has 8 rings (SSSR count). The van der Waals surface area contributed by atoms with Gasteiger partial charge in [0.1, 0.15) is 23.9 Å². The number of amidine groups is 2. The molecule has 0 spiro atoms. The number of ether oxygens (including phenoxy) is 1. The number of fused-ring (bicyclic) bond motifs is 5. The summed E-state index contributed by atoms with van der Waals surface area (Å²) in [6.45, 7) is 8.31. The smallest absolute Gasteiger partial charge is 0.318 e. The summed E-state index contributed by atoms with van der Waals surface area (Å²) in [4.78, 5) is 19.8. The van der Waals surface area contributed by atoms with E-state index in [1.54, 1.807) is 12.1 Å². The van der Waals surface area contributed by atoms with Crippen molar-refractivity contribution in [2.45, 2.75) is 76.0 Å². The van der Waals surface area contributed by atoms with Crippen LogP contribution < -0.4 is 5.32 Å². The van der Waals surface area contributed by atoms with Crippen LogP contribution in [0.2, 0.25) is 0 Å². The van der Waals surface area contributed by atoms with Gasteiger partial charge in [-0.2, -0.15) is 9.98 Å². The van der Waals surface area contributed by atoms with Crippen molar-refractivity contribution in [2.24, 2.45) is 20.4 Å². The molecule has 8 nitrogen and oxygen atoms in total. The fourth-order valence-electron chi connectivity index (χ4n) is 8.70. The van der Waals surface area contributed by atoms with Crippen molar-refractivity contribution in [3.63, 3.8) is 0 Å². The molecule has 4 unspecified atom stereocenters. The Morgan fingerprint density at radius 3 is 2.61 bits per heavy atom. The SMILES string of the molecule is C#Cc1cccc2cc(O)cc(C3=NC(C)C4(C)C(N5CC6CCC(C5)N6)=NC(OCC56CCCN5CCC6)=NC4=C3F)c12. The van der Waals surface area contributed by atoms with Gasteiger partial charge in [-0.3, -0.25) is 9.89 Å². The third kappa shape index (κ3) is 4.14. The minimum Gasteiger partial charge on any atom is -0.508 e. The van der Waals surface area contributed by atoms with Gasteiger partial charge in [0.25, 0.3) is 0 Å². The van der Waals surface area contributed by atoms with E-state index in [0.717, 1.165) is 63.1 Å². The topological polar surface area (TPSA) is 85.0 Å². The normalized spacial score (nSPS) is 30.9. The standard InChI is InChI=1S/C35H39FN6O2/c1-4-22-8-5-9-23-16-26(43)17-27(28(22)23)30-29(36)31-34(3,21(2)37-30)32(41-18-24-10-11-25(19-41)38-24)40-33(39-31)44-20-35-12-6-14-42(35)15-7-13-35/h1,5,8-9,16-17,21,24-25,38,43H,6-7,10-15,18-20H2,2-3H3. The van der Waals surface area contributed by atoms with Gasteiger partial charge in [-0.1, -0.05) is 18.1 Å². The molecule has 0 aromatic heterocycles. The van der Waals surface area contributed by atoms with Gasteiger partial charge in [-0.05, 0) is 89.0 Å². The van der Waals surface area contributed by atoms with Crippen molar-refractivity contribution in [1.29, 1.82) is 0 Å². The lowest BCUT2D eigenvalue weighted by molar-refractivity contribution is 0.105. The second-order valence-corrected chi connectivity index (χ2v) is 13.6. The molecule has 4 atom stereocenters. The fourth-order valence-corrected chi connectivity index (χ4v) is 8.70. The van der Waals surface area contributed by atoms with E-state index in [1.165, 1.54) is 12.8 Å². The van der Waals surface area contributed by atoms with Crippen LogP contribution in [0.5, 0.6) is 5.75 Å². The van der Waals surface area contributed by atoms with Gasteiger partial charge in [0.2, 0.25) is 0 Å². The van der Waals surface area contributed by atoms with Gasteiger partial charge in [-0.25, -0.2) is 4.39 Å². The molecule has 0 aliphatic carbocycles. The lowest BCUT2D eigenvalue weighted by Gasteiger charge is -2.46. The summed E-state index contributed by atoms with van der Waals surface area (Å²) in [6.07, 6.45) is 12.7. The number of rotatable bonds is 3. The molecule has 4 saturated heterocycles. The third-order valence-corrected chi connectivity index (χ3v) is 11.1. The molecule has 6 aliphatic heterocycles. The first-order valence-corrected chi connectivity index (χ1v) is 16.1. The largest absolute Gasteiger partial charge is 0.508 e. The number of dihydropyridines is 1. The average molecular weight is 595 g/mol. The monoisotopic (exact) mass is 594 g/mol. The van der Waals surface area contributed by atoms with Crippen molar-refractivity contribution in [3.8, 4) is 18.1 Å². The Hall–Kier alpha value is -3.74. The quantitative estimate of drug-likeness (QED) is 0.501. The van der Waals surface area contributed by atoms with Crippen molar-refractivity contribution in [2.75, 3.05) is 32.8 Å². The molecular formula is C35H39FN6O2. The number of benzene rings is 2. The first kappa shape index (κ1) is 27.8. The van der Waals surface area contributed by atoms with Gasteiger partial charge in [-0.15, -0.1) is 6.42 Å². The van der Waals surface area contributed by atoms with E-state index in [0.29, 0.717) is 35.2 Å². The number of likely N-dealkylation sites (tertiary alicyclic amines) is 1. The Bertz CT molecular complexity index is 1700. The fraction of sp³-hybridized carbons (Fsp3) is 0.514. The highest BCUT2D eigenvalue weighted by Gasteiger charge is 2.53. The highest BCUT2D eigenvalue weighted by atomic mass is 19.1. The van der Waals surface area contributed by atoms with E-state index in [-0.39, 0.29) is 28.7 Å². The summed E-state index contributed by atoms with van der Waals surface area (Å²) in [7, 11) is 0. The minimum absolute atomic E-state index is 0.0125. The number of nitrogens with zero attached hydrogens (tertiary/aromatic N) is 5. The maximum atomic E-state index is 17.2. The maximum absolute atomic E-state index is 17.2. The highest BCUT2D eigenvalue weighted by molar-refractivity contribution is 6.21. The summed E-state index contributed by atoms with van der Waals surface area (Å²) < 4.78 is 23.7. The second-order valence-electron chi connectivity index (χ2n) is 13.6. The molecule has 4 fully saturated rings. The number of phenolic OH excluding ortho intramolecular Hbond substituents is 1. The van der Waals surface area contributed by atoms with Crippen LogP contribution in [0.3, 0.4) is 0 Å². The average Bonchev–Trinajstić information content (AvgIpc) is 3.70. The number of halogens is 1. The first-order valence-electron chi connectivity index (χ1n) is 16.1. The summed E-state index contributed by atoms with van der Waals surface area (Å²) in [5, 5.41) is 15.8. The number of allylic oxidation sites excluding steroid dienone is 1. The first-order chi connectivity index (χ1) is 21.3. The van der Waals surface area contributed by atoms with Crippen LogP contribution in [0.4, 0.5) is 4.39 Å². The van der Waals surface area contributed by atoms with Gasteiger partial charge in [0, 0.05) is 41.7 Å². The predicted octanol–water partition coefficient (Wildman–Crippen LogP) is 4.75. The molecule has 44 heavy (non-hydrogen) atoms. The Morgan fingerprint density at radius 2 is 1.89 bits per heavy atom. The van der Waals surface area contributed by atoms with E-state index in [2.05, 4.69) is 21.0 Å². The Balaban J connectivity index is 1.25. The maximum Gasteiger partial charge on any atom is 0.318 e. The summed E-state index contributed by atoms with van der Waals surface area (Å²) in [5.41, 5.74) is 0.617. The van der Waals surface area contributed by atoms with Gasteiger partial charge >= 0.3 is 6.02 Å². The van der Waals surface area contributed by atoms with E-state index < -0.39 is 17.3 Å². The number of phenols is 1. The minimum atomic E-state index is -0.899. The van der Waals surface area contributed by atoms with Crippen molar-refractivity contribution in [1.82, 2.24) is 15.1 Å². The molecule has 2 N–H and O–H groups in total. The Kier molecular flexibility index (Phi) is 6.41. The van der Waals surface area contributed by atoms with E-state index in [1.807, 2.05) is 32.0 Å². The predicted molar refractivity (Wildman–Crippen MR) is 171 cm³/mol. The van der Waals surface area contributed by atoms with Crippen LogP contribution >= 0.6 is 0 Å². The molecule has 2 aromatic rings. The lowest BCUT2D eigenvalue weighted by Crippen LogP contribution is -2.59. The van der Waals surface area contributed by atoms with Gasteiger partial charge in [0.05, 0.1) is 22.7 Å². The van der Waals surface area contributed by atoms with Crippen LogP contribution in [0.15, 0.2) is 56.8 Å². The van der Waals surface area contributed by atoms with E-state index in [4.69, 9.17) is 26.1 Å². The Labute approximate surface area is 257 Å². The van der Waals surface area contributed by atoms with E-state index in [9.17, 15) is 5.11 Å². The highest BCUT2D eigenvalue weighted by Crippen LogP contribution is 2.47. The number of terminal acetylenes is 1. The third-order valence-electron chi connectivity index (χ3n) is 11.1. The molecule has 0 radical (unpaired) electrons. The number of nitrogens with one attached hydrogen (secondary N) is 1. The Morgan fingerprint density at radius 1 is 1.14 bits per heavy atom. The lowest BCUT2D eigenvalue weighted by atomic mass is 9.74. The molecule has 2 bridgehead atoms. The van der Waals surface area contributed by atoms with Crippen molar-refractivity contribution >= 4 is 28.3 Å². The molecule has 2 aromatic carbocycles. The zero-order chi connectivity index (χ0) is 30.2. The van der Waals surface area contributed by atoms with Crippen molar-refractivity contribution < 1.29 is 14.2 Å². The second kappa shape index (κ2) is 10.1. The zero-order valence-corrected chi connectivity index (χ0v) is 25.4. The van der Waals surface area contributed by atoms with Gasteiger partial charge < -0.3 is 20.1 Å². The number of piperazine rings is 1. The zero-order valence-electron chi connectivity index (χ0n) is 25.4. The van der Waals surface area contributed by atoms with Crippen LogP contribution in [0.1, 0.15) is 63.5 Å². The molecular weight excluding hydrogens is 555 g/mol. The summed E-state index contributed by atoms with van der Waals surface area (Å²) in [6, 6.07) is 9.32. The van der Waals surface area contributed by atoms with Gasteiger partial charge in [0.15, 0.2) is 5.83 Å². The molecule has 6 aliphatic rings. The van der Waals surface area contributed by atoms with Crippen LogP contribution in [-0.4, -0.2) is 88.9 Å². The van der Waals surface area contributed by atoms with Crippen LogP contribution in [0.25, 0.3) is 10.8 Å². The van der Waals surface area contributed by atoms with Crippen LogP contribution in [0, 0.1) is 17.8 Å². The summed E-state index contributed by atoms with van der Waals surface area (Å²) >= 11 is 0. The number of aliphatic imine (C=N–C) groups is 3.